The van der Waals surface area contributed by atoms with E-state index in [0.29, 0.717) is 19.4 Å². The van der Waals surface area contributed by atoms with Crippen LogP contribution in [0.1, 0.15) is 32.1 Å². The summed E-state index contributed by atoms with van der Waals surface area (Å²) in [4.78, 5) is 24.5. The molecular formula is C11H19BrN2O2. The molecule has 0 bridgehead atoms. The minimum atomic E-state index is 0.105. The second-order valence-electron chi connectivity index (χ2n) is 4.22. The fourth-order valence-electron chi connectivity index (χ4n) is 1.81. The van der Waals surface area contributed by atoms with Gasteiger partial charge in [-0.25, -0.2) is 0 Å². The average Bonchev–Trinajstić information content (AvgIpc) is 2.24. The number of rotatable bonds is 5. The quantitative estimate of drug-likeness (QED) is 0.613. The van der Waals surface area contributed by atoms with Gasteiger partial charge in [0.1, 0.15) is 0 Å². The highest BCUT2D eigenvalue weighted by Crippen LogP contribution is 2.10. The Hall–Kier alpha value is -0.580. The van der Waals surface area contributed by atoms with Gasteiger partial charge in [-0.1, -0.05) is 15.9 Å². The number of halogens is 1. The first-order valence-corrected chi connectivity index (χ1v) is 6.85. The van der Waals surface area contributed by atoms with Crippen molar-refractivity contribution in [2.24, 2.45) is 0 Å². The van der Waals surface area contributed by atoms with Gasteiger partial charge in [0, 0.05) is 37.8 Å². The molecule has 1 atom stereocenters. The van der Waals surface area contributed by atoms with Crippen LogP contribution in [0.3, 0.4) is 0 Å². The largest absolute Gasteiger partial charge is 0.352 e. The van der Waals surface area contributed by atoms with Gasteiger partial charge in [0.2, 0.25) is 11.8 Å². The van der Waals surface area contributed by atoms with Crippen molar-refractivity contribution in [3.8, 4) is 0 Å². The van der Waals surface area contributed by atoms with Gasteiger partial charge in [-0.05, 0) is 19.3 Å². The average molecular weight is 291 g/mol. The van der Waals surface area contributed by atoms with Gasteiger partial charge in [0.25, 0.3) is 0 Å². The van der Waals surface area contributed by atoms with Crippen molar-refractivity contribution < 1.29 is 9.59 Å². The second kappa shape index (κ2) is 6.89. The van der Waals surface area contributed by atoms with Crippen LogP contribution in [0.2, 0.25) is 0 Å². The molecule has 16 heavy (non-hydrogen) atoms. The van der Waals surface area contributed by atoms with Gasteiger partial charge in [-0.2, -0.15) is 0 Å². The summed E-state index contributed by atoms with van der Waals surface area (Å²) in [6.07, 6.45) is 3.84. The highest BCUT2D eigenvalue weighted by Gasteiger charge is 2.23. The lowest BCUT2D eigenvalue weighted by Crippen LogP contribution is -2.48. The standard InChI is InChI=1S/C11H19BrN2O2/c1-14-8-9(5-6-11(14)16)13-10(15)4-2-3-7-12/h9H,2-8H2,1H3,(H,13,15). The molecule has 5 heteroatoms. The number of carbonyl (C=O) groups is 2. The number of likely N-dealkylation sites (tertiary alicyclic amines) is 1. The van der Waals surface area contributed by atoms with Crippen LogP contribution in [0.15, 0.2) is 0 Å². The number of nitrogens with one attached hydrogen (secondary N) is 1. The van der Waals surface area contributed by atoms with E-state index in [4.69, 9.17) is 0 Å². The fraction of sp³-hybridized carbons (Fsp3) is 0.818. The van der Waals surface area contributed by atoms with Crippen LogP contribution in [0.4, 0.5) is 0 Å². The van der Waals surface area contributed by atoms with Crippen molar-refractivity contribution in [3.63, 3.8) is 0 Å². The van der Waals surface area contributed by atoms with Gasteiger partial charge in [-0.15, -0.1) is 0 Å². The molecule has 1 saturated heterocycles. The smallest absolute Gasteiger partial charge is 0.222 e. The zero-order chi connectivity index (χ0) is 12.0. The molecule has 1 aliphatic heterocycles. The van der Waals surface area contributed by atoms with Crippen LogP contribution in [-0.4, -0.2) is 41.7 Å². The summed E-state index contributed by atoms with van der Waals surface area (Å²) >= 11 is 3.34. The third-order valence-corrected chi connectivity index (χ3v) is 3.34. The van der Waals surface area contributed by atoms with Crippen molar-refractivity contribution >= 4 is 27.7 Å². The fourth-order valence-corrected chi connectivity index (χ4v) is 2.21. The monoisotopic (exact) mass is 290 g/mol. The second-order valence-corrected chi connectivity index (χ2v) is 5.02. The minimum Gasteiger partial charge on any atom is -0.352 e. The van der Waals surface area contributed by atoms with E-state index in [1.807, 2.05) is 0 Å². The Bertz CT molecular complexity index is 258. The van der Waals surface area contributed by atoms with E-state index < -0.39 is 0 Å². The highest BCUT2D eigenvalue weighted by molar-refractivity contribution is 9.09. The molecule has 1 heterocycles. The van der Waals surface area contributed by atoms with E-state index in [1.165, 1.54) is 0 Å². The third-order valence-electron chi connectivity index (χ3n) is 2.78. The number of piperidine rings is 1. The summed E-state index contributed by atoms with van der Waals surface area (Å²) in [6.45, 7) is 0.642. The molecular weight excluding hydrogens is 272 g/mol. The summed E-state index contributed by atoms with van der Waals surface area (Å²) in [5.41, 5.74) is 0. The topological polar surface area (TPSA) is 49.4 Å². The molecule has 1 N–H and O–H groups in total. The van der Waals surface area contributed by atoms with Crippen molar-refractivity contribution in [2.45, 2.75) is 38.1 Å². The van der Waals surface area contributed by atoms with E-state index in [9.17, 15) is 9.59 Å². The molecule has 0 spiro atoms. The molecule has 1 unspecified atom stereocenters. The molecule has 1 aliphatic rings. The number of alkyl halides is 1. The zero-order valence-corrected chi connectivity index (χ0v) is 11.3. The first-order valence-electron chi connectivity index (χ1n) is 5.72. The van der Waals surface area contributed by atoms with E-state index >= 15 is 0 Å². The summed E-state index contributed by atoms with van der Waals surface area (Å²) in [5.74, 6) is 0.276. The number of carbonyl (C=O) groups excluding carboxylic acids is 2. The molecule has 1 fully saturated rings. The highest BCUT2D eigenvalue weighted by atomic mass is 79.9. The van der Waals surface area contributed by atoms with Crippen LogP contribution < -0.4 is 5.32 Å². The number of amides is 2. The molecule has 0 aromatic heterocycles. The number of unbranched alkanes of at least 4 members (excludes halogenated alkanes) is 1. The number of nitrogens with zero attached hydrogens (tertiary/aromatic N) is 1. The van der Waals surface area contributed by atoms with E-state index in [0.717, 1.165) is 24.6 Å². The maximum atomic E-state index is 11.5. The van der Waals surface area contributed by atoms with Gasteiger partial charge in [0.05, 0.1) is 0 Å². The van der Waals surface area contributed by atoms with Crippen LogP contribution in [0.5, 0.6) is 0 Å². The molecule has 0 aliphatic carbocycles. The molecule has 1 rings (SSSR count). The molecule has 0 aromatic carbocycles. The van der Waals surface area contributed by atoms with E-state index in [2.05, 4.69) is 21.2 Å². The Morgan fingerprint density at radius 1 is 1.56 bits per heavy atom. The summed E-state index contributed by atoms with van der Waals surface area (Å²) in [5, 5.41) is 3.93. The molecule has 92 valence electrons. The number of likely N-dealkylation sites (N-methyl/N-ethyl adjacent to an activating group) is 1. The molecule has 4 nitrogen and oxygen atoms in total. The Labute approximate surface area is 105 Å². The van der Waals surface area contributed by atoms with E-state index in [-0.39, 0.29) is 17.9 Å². The lowest BCUT2D eigenvalue weighted by atomic mass is 10.1. The van der Waals surface area contributed by atoms with Crippen LogP contribution in [0, 0.1) is 0 Å². The molecule has 0 aromatic rings. The number of hydrogen-bond donors (Lipinski definition) is 1. The predicted octanol–water partition coefficient (Wildman–Crippen LogP) is 1.29. The maximum absolute atomic E-state index is 11.5. The van der Waals surface area contributed by atoms with Crippen LogP contribution in [0.25, 0.3) is 0 Å². The Morgan fingerprint density at radius 2 is 2.31 bits per heavy atom. The molecule has 0 saturated carbocycles. The van der Waals surface area contributed by atoms with Crippen molar-refractivity contribution in [2.75, 3.05) is 18.9 Å². The lowest BCUT2D eigenvalue weighted by Gasteiger charge is -2.30. The van der Waals surface area contributed by atoms with E-state index in [1.54, 1.807) is 11.9 Å². The summed E-state index contributed by atoms with van der Waals surface area (Å²) < 4.78 is 0. The maximum Gasteiger partial charge on any atom is 0.222 e. The predicted molar refractivity (Wildman–Crippen MR) is 66.4 cm³/mol. The molecule has 0 radical (unpaired) electrons. The van der Waals surface area contributed by atoms with Crippen LogP contribution in [-0.2, 0) is 9.59 Å². The zero-order valence-electron chi connectivity index (χ0n) is 9.67. The van der Waals surface area contributed by atoms with Crippen LogP contribution >= 0.6 is 15.9 Å². The first kappa shape index (κ1) is 13.5. The van der Waals surface area contributed by atoms with Gasteiger partial charge in [-0.3, -0.25) is 9.59 Å². The van der Waals surface area contributed by atoms with Gasteiger partial charge >= 0.3 is 0 Å². The number of hydrogen-bond acceptors (Lipinski definition) is 2. The van der Waals surface area contributed by atoms with Gasteiger partial charge in [0.15, 0.2) is 0 Å². The van der Waals surface area contributed by atoms with Crippen molar-refractivity contribution in [1.29, 1.82) is 0 Å². The minimum absolute atomic E-state index is 0.105. The Balaban J connectivity index is 2.21. The lowest BCUT2D eigenvalue weighted by molar-refractivity contribution is -0.134. The summed E-state index contributed by atoms with van der Waals surface area (Å²) in [7, 11) is 1.78. The molecule has 2 amide bonds. The Morgan fingerprint density at radius 3 is 2.94 bits per heavy atom. The third kappa shape index (κ3) is 4.51. The van der Waals surface area contributed by atoms with Crippen molar-refractivity contribution in [3.05, 3.63) is 0 Å². The normalized spacial score (nSPS) is 21.0. The summed E-state index contributed by atoms with van der Waals surface area (Å²) in [6, 6.07) is 0.138. The Kier molecular flexibility index (Phi) is 5.80. The SMILES string of the molecule is CN1CC(NC(=O)CCCCBr)CCC1=O. The van der Waals surface area contributed by atoms with Crippen molar-refractivity contribution in [1.82, 2.24) is 10.2 Å². The van der Waals surface area contributed by atoms with Gasteiger partial charge < -0.3 is 10.2 Å². The first-order chi connectivity index (χ1) is 7.63.